The minimum absolute atomic E-state index is 0.297. The first-order chi connectivity index (χ1) is 10.7. The molecule has 3 aromatic rings. The molecule has 0 atom stereocenters. The van der Waals surface area contributed by atoms with Crippen molar-refractivity contribution in [3.05, 3.63) is 52.8 Å². The van der Waals surface area contributed by atoms with Gasteiger partial charge in [0.25, 0.3) is 5.91 Å². The number of carbonyl (C=O) groups excluding carboxylic acids is 1. The van der Waals surface area contributed by atoms with Crippen LogP contribution in [0, 0.1) is 6.92 Å². The molecule has 6 nitrogen and oxygen atoms in total. The summed E-state index contributed by atoms with van der Waals surface area (Å²) < 4.78 is 6.98. The van der Waals surface area contributed by atoms with E-state index in [0.717, 1.165) is 10.5 Å². The largest absolute Gasteiger partial charge is 0.496 e. The van der Waals surface area contributed by atoms with E-state index in [1.54, 1.807) is 24.6 Å². The molecule has 112 valence electrons. The van der Waals surface area contributed by atoms with Gasteiger partial charge in [-0.2, -0.15) is 5.10 Å². The van der Waals surface area contributed by atoms with Crippen molar-refractivity contribution in [1.82, 2.24) is 14.8 Å². The summed E-state index contributed by atoms with van der Waals surface area (Å²) in [5, 5.41) is 5.88. The van der Waals surface area contributed by atoms with E-state index in [4.69, 9.17) is 4.74 Å². The normalized spacial score (nSPS) is 11.2. The summed E-state index contributed by atoms with van der Waals surface area (Å²) >= 11 is 1.48. The number of methoxy groups -OCH3 is 1. The van der Waals surface area contributed by atoms with Crippen LogP contribution in [0.25, 0.3) is 4.96 Å². The highest BCUT2D eigenvalue weighted by molar-refractivity contribution is 7.15. The first-order valence-corrected chi connectivity index (χ1v) is 7.47. The number of imidazole rings is 1. The van der Waals surface area contributed by atoms with E-state index in [1.165, 1.54) is 11.3 Å². The standard InChI is InChI=1S/C15H14N4O2S/c1-10-13(19-7-8-22-15(19)17-10)14(20)18-16-9-11-5-3-4-6-12(11)21-2/h3-9H,1-2H3,(H,18,20)/b16-9-. The number of amides is 1. The molecule has 0 saturated heterocycles. The highest BCUT2D eigenvalue weighted by Crippen LogP contribution is 2.17. The van der Waals surface area contributed by atoms with E-state index in [2.05, 4.69) is 15.5 Å². The van der Waals surface area contributed by atoms with Crippen molar-refractivity contribution in [2.24, 2.45) is 5.10 Å². The number of fused-ring (bicyclic) bond motifs is 1. The number of para-hydroxylation sites is 1. The average Bonchev–Trinajstić information content (AvgIpc) is 3.07. The number of rotatable bonds is 4. The van der Waals surface area contributed by atoms with Gasteiger partial charge in [0.1, 0.15) is 11.4 Å². The lowest BCUT2D eigenvalue weighted by Gasteiger charge is -2.03. The van der Waals surface area contributed by atoms with Crippen LogP contribution in [0.3, 0.4) is 0 Å². The summed E-state index contributed by atoms with van der Waals surface area (Å²) in [5.41, 5.74) is 4.49. The zero-order valence-electron chi connectivity index (χ0n) is 12.1. The number of thiazole rings is 1. The van der Waals surface area contributed by atoms with Crippen LogP contribution in [-0.4, -0.2) is 28.6 Å². The summed E-state index contributed by atoms with van der Waals surface area (Å²) in [7, 11) is 1.59. The Balaban J connectivity index is 1.79. The van der Waals surface area contributed by atoms with Crippen LogP contribution in [0.1, 0.15) is 21.7 Å². The van der Waals surface area contributed by atoms with E-state index in [0.29, 0.717) is 17.1 Å². The summed E-state index contributed by atoms with van der Waals surface area (Å²) in [6, 6.07) is 7.44. The topological polar surface area (TPSA) is 68.0 Å². The number of hydrogen-bond donors (Lipinski definition) is 1. The third-order valence-corrected chi connectivity index (χ3v) is 3.92. The molecule has 3 rings (SSSR count). The average molecular weight is 314 g/mol. The van der Waals surface area contributed by atoms with Crippen molar-refractivity contribution >= 4 is 28.4 Å². The fourth-order valence-electron chi connectivity index (χ4n) is 2.15. The lowest BCUT2D eigenvalue weighted by atomic mass is 10.2. The predicted octanol–water partition coefficient (Wildman–Crippen LogP) is 2.48. The Bertz CT molecular complexity index is 850. The number of aryl methyl sites for hydroxylation is 1. The second kappa shape index (κ2) is 5.98. The molecule has 2 aromatic heterocycles. The van der Waals surface area contributed by atoms with Gasteiger partial charge < -0.3 is 4.74 Å². The first kappa shape index (κ1) is 14.3. The number of nitrogens with zero attached hydrogens (tertiary/aromatic N) is 3. The van der Waals surface area contributed by atoms with E-state index in [1.807, 2.05) is 35.8 Å². The summed E-state index contributed by atoms with van der Waals surface area (Å²) in [6.07, 6.45) is 3.37. The Kier molecular flexibility index (Phi) is 3.88. The smallest absolute Gasteiger partial charge is 0.290 e. The summed E-state index contributed by atoms with van der Waals surface area (Å²) in [4.78, 5) is 17.4. The zero-order valence-corrected chi connectivity index (χ0v) is 12.9. The molecule has 7 heteroatoms. The Morgan fingerprint density at radius 1 is 1.45 bits per heavy atom. The number of hydrazone groups is 1. The maximum absolute atomic E-state index is 12.3. The van der Waals surface area contributed by atoms with E-state index >= 15 is 0 Å². The third-order valence-electron chi connectivity index (χ3n) is 3.16. The van der Waals surface area contributed by atoms with Crippen molar-refractivity contribution in [3.63, 3.8) is 0 Å². The van der Waals surface area contributed by atoms with Crippen LogP contribution < -0.4 is 10.2 Å². The molecule has 1 amide bonds. The fourth-order valence-corrected chi connectivity index (χ4v) is 2.91. The molecule has 0 spiro atoms. The molecular weight excluding hydrogens is 300 g/mol. The summed E-state index contributed by atoms with van der Waals surface area (Å²) in [5.74, 6) is 0.399. The summed E-state index contributed by atoms with van der Waals surface area (Å²) in [6.45, 7) is 1.80. The molecule has 22 heavy (non-hydrogen) atoms. The van der Waals surface area contributed by atoms with E-state index in [9.17, 15) is 4.79 Å². The van der Waals surface area contributed by atoms with Crippen molar-refractivity contribution in [1.29, 1.82) is 0 Å². The lowest BCUT2D eigenvalue weighted by molar-refractivity contribution is 0.0948. The number of hydrogen-bond acceptors (Lipinski definition) is 5. The lowest BCUT2D eigenvalue weighted by Crippen LogP contribution is -2.20. The van der Waals surface area contributed by atoms with Gasteiger partial charge in [0.15, 0.2) is 4.96 Å². The molecular formula is C15H14N4O2S. The molecule has 0 radical (unpaired) electrons. The number of carbonyl (C=O) groups is 1. The molecule has 1 aromatic carbocycles. The number of nitrogens with one attached hydrogen (secondary N) is 1. The van der Waals surface area contributed by atoms with Gasteiger partial charge in [-0.1, -0.05) is 12.1 Å². The van der Waals surface area contributed by atoms with Crippen LogP contribution in [-0.2, 0) is 0 Å². The van der Waals surface area contributed by atoms with Gasteiger partial charge in [-0.3, -0.25) is 9.20 Å². The van der Waals surface area contributed by atoms with E-state index < -0.39 is 0 Å². The van der Waals surface area contributed by atoms with Crippen LogP contribution in [0.2, 0.25) is 0 Å². The predicted molar refractivity (Wildman–Crippen MR) is 85.9 cm³/mol. The Morgan fingerprint density at radius 2 is 2.27 bits per heavy atom. The molecule has 0 aliphatic rings. The zero-order chi connectivity index (χ0) is 15.5. The van der Waals surface area contributed by atoms with Crippen molar-refractivity contribution in [2.75, 3.05) is 7.11 Å². The fraction of sp³-hybridized carbons (Fsp3) is 0.133. The van der Waals surface area contributed by atoms with E-state index in [-0.39, 0.29) is 5.91 Å². The minimum atomic E-state index is -0.297. The molecule has 0 saturated carbocycles. The molecule has 0 unspecified atom stereocenters. The minimum Gasteiger partial charge on any atom is -0.496 e. The molecule has 0 bridgehead atoms. The highest BCUT2D eigenvalue weighted by atomic mass is 32.1. The first-order valence-electron chi connectivity index (χ1n) is 6.59. The molecule has 0 aliphatic carbocycles. The third kappa shape index (κ3) is 2.58. The molecule has 0 aliphatic heterocycles. The van der Waals surface area contributed by atoms with Crippen LogP contribution in [0.4, 0.5) is 0 Å². The van der Waals surface area contributed by atoms with Gasteiger partial charge in [0.2, 0.25) is 0 Å². The molecule has 2 heterocycles. The van der Waals surface area contributed by atoms with Crippen molar-refractivity contribution in [2.45, 2.75) is 6.92 Å². The number of benzene rings is 1. The van der Waals surface area contributed by atoms with Gasteiger partial charge in [0.05, 0.1) is 19.0 Å². The van der Waals surface area contributed by atoms with Crippen molar-refractivity contribution < 1.29 is 9.53 Å². The Morgan fingerprint density at radius 3 is 3.09 bits per heavy atom. The quantitative estimate of drug-likeness (QED) is 0.594. The second-order valence-corrected chi connectivity index (χ2v) is 5.42. The van der Waals surface area contributed by atoms with Gasteiger partial charge in [-0.05, 0) is 19.1 Å². The van der Waals surface area contributed by atoms with Gasteiger partial charge in [-0.25, -0.2) is 10.4 Å². The van der Waals surface area contributed by atoms with Gasteiger partial charge in [0, 0.05) is 17.1 Å². The number of aromatic nitrogens is 2. The Labute approximate surface area is 131 Å². The highest BCUT2D eigenvalue weighted by Gasteiger charge is 2.16. The monoisotopic (exact) mass is 314 g/mol. The van der Waals surface area contributed by atoms with Crippen molar-refractivity contribution in [3.8, 4) is 5.75 Å². The van der Waals surface area contributed by atoms with Crippen LogP contribution in [0.5, 0.6) is 5.75 Å². The van der Waals surface area contributed by atoms with Gasteiger partial charge in [-0.15, -0.1) is 11.3 Å². The maximum atomic E-state index is 12.3. The molecule has 0 fully saturated rings. The van der Waals surface area contributed by atoms with Gasteiger partial charge >= 0.3 is 0 Å². The van der Waals surface area contributed by atoms with Crippen LogP contribution >= 0.6 is 11.3 Å². The molecule has 1 N–H and O–H groups in total. The maximum Gasteiger partial charge on any atom is 0.290 e. The SMILES string of the molecule is COc1ccccc1/C=N\NC(=O)c1c(C)nc2sccn12. The number of ether oxygens (including phenoxy) is 1. The van der Waals surface area contributed by atoms with Crippen LogP contribution in [0.15, 0.2) is 40.9 Å². The second-order valence-electron chi connectivity index (χ2n) is 4.54. The Hall–Kier alpha value is -2.67.